The van der Waals surface area contributed by atoms with Crippen LogP contribution in [0, 0.1) is 34.5 Å². The van der Waals surface area contributed by atoms with Crippen molar-refractivity contribution in [1.82, 2.24) is 0 Å². The highest BCUT2D eigenvalue weighted by Gasteiger charge is 2.59. The molecule has 4 aliphatic carbocycles. The van der Waals surface area contributed by atoms with Gasteiger partial charge in [-0.15, -0.1) is 0 Å². The Labute approximate surface area is 133 Å². The van der Waals surface area contributed by atoms with E-state index in [0.29, 0.717) is 41.2 Å². The molecule has 4 aliphatic rings. The predicted octanol–water partition coefficient (Wildman–Crippen LogP) is 4.14. The van der Waals surface area contributed by atoms with E-state index in [0.717, 1.165) is 25.7 Å². The maximum absolute atomic E-state index is 14.2. The van der Waals surface area contributed by atoms with Gasteiger partial charge in [-0.25, -0.2) is 4.39 Å². The highest BCUT2D eigenvalue weighted by molar-refractivity contribution is 5.26. The van der Waals surface area contributed by atoms with Gasteiger partial charge in [-0.1, -0.05) is 13.8 Å². The van der Waals surface area contributed by atoms with Crippen molar-refractivity contribution in [3.8, 4) is 0 Å². The van der Waals surface area contributed by atoms with Crippen molar-refractivity contribution in [3.05, 3.63) is 11.5 Å². The number of aliphatic hydroxyl groups excluding tert-OH is 1. The Bertz CT molecular complexity index is 518. The Kier molecular flexibility index (Phi) is 3.21. The molecule has 0 aromatic heterocycles. The van der Waals surface area contributed by atoms with Gasteiger partial charge in [0.2, 0.25) is 0 Å². The Morgan fingerprint density at radius 3 is 2.64 bits per heavy atom. The van der Waals surface area contributed by atoms with Crippen molar-refractivity contribution < 1.29 is 9.50 Å². The summed E-state index contributed by atoms with van der Waals surface area (Å²) in [6, 6.07) is 0. The van der Waals surface area contributed by atoms with Crippen molar-refractivity contribution in [2.24, 2.45) is 40.2 Å². The van der Waals surface area contributed by atoms with Crippen molar-refractivity contribution >= 4 is 0 Å². The first-order chi connectivity index (χ1) is 10.4. The van der Waals surface area contributed by atoms with E-state index in [1.54, 1.807) is 0 Å². The maximum Gasteiger partial charge on any atom is 0.119 e. The van der Waals surface area contributed by atoms with E-state index in [2.05, 4.69) is 13.8 Å². The fourth-order valence-electron chi connectivity index (χ4n) is 6.88. The van der Waals surface area contributed by atoms with E-state index in [1.807, 2.05) is 0 Å². The molecule has 3 saturated carbocycles. The molecule has 3 N–H and O–H groups in total. The minimum absolute atomic E-state index is 0.0282. The zero-order chi connectivity index (χ0) is 15.7. The summed E-state index contributed by atoms with van der Waals surface area (Å²) in [4.78, 5) is 0. The predicted molar refractivity (Wildman–Crippen MR) is 85.4 cm³/mol. The smallest absolute Gasteiger partial charge is 0.119 e. The van der Waals surface area contributed by atoms with Gasteiger partial charge < -0.3 is 10.8 Å². The molecule has 2 nitrogen and oxygen atoms in total. The molecule has 0 aliphatic heterocycles. The lowest BCUT2D eigenvalue weighted by Gasteiger charge is -2.60. The molecule has 3 heteroatoms. The average molecular weight is 307 g/mol. The SMILES string of the molecule is C[C@]12CCC(O)CC1CC[C@@H]1[C@H]2CC[C@]2(C)C(N)=C(F)C[C@@H]12. The van der Waals surface area contributed by atoms with E-state index in [1.165, 1.54) is 19.3 Å². The lowest BCUT2D eigenvalue weighted by molar-refractivity contribution is -0.118. The van der Waals surface area contributed by atoms with E-state index in [-0.39, 0.29) is 17.3 Å². The van der Waals surface area contributed by atoms with Gasteiger partial charge in [-0.3, -0.25) is 0 Å². The molecule has 0 heterocycles. The lowest BCUT2D eigenvalue weighted by atomic mass is 9.45. The molecule has 22 heavy (non-hydrogen) atoms. The molecule has 0 spiro atoms. The number of nitrogens with two attached hydrogens (primary N) is 1. The van der Waals surface area contributed by atoms with Crippen molar-refractivity contribution in [2.75, 3.05) is 0 Å². The molecule has 124 valence electrons. The molecule has 4 rings (SSSR count). The fraction of sp³-hybridized carbons (Fsp3) is 0.895. The third-order valence-electron chi connectivity index (χ3n) is 8.33. The van der Waals surface area contributed by atoms with Crippen LogP contribution in [0.15, 0.2) is 11.5 Å². The summed E-state index contributed by atoms with van der Waals surface area (Å²) in [5, 5.41) is 10.0. The van der Waals surface area contributed by atoms with Gasteiger partial charge in [0.1, 0.15) is 5.83 Å². The molecule has 0 bridgehead atoms. The van der Waals surface area contributed by atoms with Gasteiger partial charge in [0, 0.05) is 17.5 Å². The third-order valence-corrected chi connectivity index (χ3v) is 8.33. The molecule has 7 atom stereocenters. The van der Waals surface area contributed by atoms with Gasteiger partial charge in [-0.05, 0) is 74.0 Å². The van der Waals surface area contributed by atoms with Crippen LogP contribution in [0.4, 0.5) is 4.39 Å². The summed E-state index contributed by atoms with van der Waals surface area (Å²) >= 11 is 0. The Hall–Kier alpha value is -0.570. The second-order valence-electron chi connectivity index (χ2n) is 9.06. The molecule has 0 amide bonds. The van der Waals surface area contributed by atoms with E-state index in [4.69, 9.17) is 5.73 Å². The van der Waals surface area contributed by atoms with Crippen molar-refractivity contribution in [2.45, 2.75) is 71.3 Å². The standard InChI is InChI=1S/C19H30FNO/c1-18-7-5-12(22)9-11(18)3-4-13-14(18)6-8-19(2)15(13)10-16(20)17(19)21/h11-15,22H,3-10,21H2,1-2H3/t11?,12?,13-,14-,15+,18+,19+/m1/s1. The minimum atomic E-state index is -0.0946. The highest BCUT2D eigenvalue weighted by atomic mass is 19.1. The molecule has 2 unspecified atom stereocenters. The number of aliphatic hydroxyl groups is 1. The van der Waals surface area contributed by atoms with Crippen LogP contribution in [0.2, 0.25) is 0 Å². The van der Waals surface area contributed by atoms with Gasteiger partial charge in [-0.2, -0.15) is 0 Å². The summed E-state index contributed by atoms with van der Waals surface area (Å²) in [6.45, 7) is 4.67. The summed E-state index contributed by atoms with van der Waals surface area (Å²) in [5.41, 5.74) is 6.96. The number of allylic oxidation sites excluding steroid dienone is 2. The summed E-state index contributed by atoms with van der Waals surface area (Å²) in [7, 11) is 0. The number of halogens is 1. The topological polar surface area (TPSA) is 46.2 Å². The summed E-state index contributed by atoms with van der Waals surface area (Å²) < 4.78 is 14.2. The largest absolute Gasteiger partial charge is 0.400 e. The van der Waals surface area contributed by atoms with Crippen molar-refractivity contribution in [3.63, 3.8) is 0 Å². The molecule has 0 aromatic carbocycles. The monoisotopic (exact) mass is 307 g/mol. The van der Waals surface area contributed by atoms with Crippen LogP contribution >= 0.6 is 0 Å². The first kappa shape index (κ1) is 15.0. The Balaban J connectivity index is 1.64. The number of hydrogen-bond acceptors (Lipinski definition) is 2. The van der Waals surface area contributed by atoms with Crippen LogP contribution in [0.1, 0.15) is 65.2 Å². The summed E-state index contributed by atoms with van der Waals surface area (Å²) in [5.74, 6) is 2.38. The number of hydrogen-bond donors (Lipinski definition) is 2. The van der Waals surface area contributed by atoms with Gasteiger partial charge in [0.15, 0.2) is 0 Å². The third kappa shape index (κ3) is 1.81. The molecule has 0 saturated heterocycles. The second kappa shape index (κ2) is 4.72. The van der Waals surface area contributed by atoms with Crippen LogP contribution in [0.3, 0.4) is 0 Å². The zero-order valence-corrected chi connectivity index (χ0v) is 13.9. The Morgan fingerprint density at radius 1 is 1.09 bits per heavy atom. The van der Waals surface area contributed by atoms with Crippen LogP contribution in [0.5, 0.6) is 0 Å². The summed E-state index contributed by atoms with van der Waals surface area (Å²) in [6.07, 6.45) is 8.22. The van der Waals surface area contributed by atoms with Gasteiger partial charge in [0.25, 0.3) is 0 Å². The Morgan fingerprint density at radius 2 is 1.86 bits per heavy atom. The normalized spacial score (nSPS) is 54.6. The van der Waals surface area contributed by atoms with E-state index in [9.17, 15) is 9.50 Å². The molecular formula is C19H30FNO. The zero-order valence-electron chi connectivity index (χ0n) is 13.9. The van der Waals surface area contributed by atoms with E-state index < -0.39 is 0 Å². The second-order valence-corrected chi connectivity index (χ2v) is 9.06. The average Bonchev–Trinajstić information content (AvgIpc) is 2.72. The van der Waals surface area contributed by atoms with Crippen LogP contribution < -0.4 is 5.73 Å². The van der Waals surface area contributed by atoms with Crippen LogP contribution in [0.25, 0.3) is 0 Å². The van der Waals surface area contributed by atoms with Crippen LogP contribution in [-0.2, 0) is 0 Å². The highest BCUT2D eigenvalue weighted by Crippen LogP contribution is 2.66. The first-order valence-electron chi connectivity index (χ1n) is 9.19. The van der Waals surface area contributed by atoms with Gasteiger partial charge in [0.05, 0.1) is 6.10 Å². The molecule has 3 fully saturated rings. The van der Waals surface area contributed by atoms with Gasteiger partial charge >= 0.3 is 0 Å². The van der Waals surface area contributed by atoms with E-state index >= 15 is 0 Å². The lowest BCUT2D eigenvalue weighted by Crippen LogP contribution is -2.54. The quantitative estimate of drug-likeness (QED) is 0.706. The first-order valence-corrected chi connectivity index (χ1v) is 9.19. The number of fused-ring (bicyclic) bond motifs is 5. The maximum atomic E-state index is 14.2. The van der Waals surface area contributed by atoms with Crippen LogP contribution in [-0.4, -0.2) is 11.2 Å². The molecular weight excluding hydrogens is 277 g/mol. The fourth-order valence-corrected chi connectivity index (χ4v) is 6.88. The number of rotatable bonds is 0. The minimum Gasteiger partial charge on any atom is -0.400 e. The van der Waals surface area contributed by atoms with Crippen molar-refractivity contribution in [1.29, 1.82) is 0 Å². The molecule has 0 aromatic rings. The molecule has 0 radical (unpaired) electrons.